The number of alkyl halides is 3. The first-order chi connectivity index (χ1) is 16.8. The maximum absolute atomic E-state index is 13.3. The summed E-state index contributed by atoms with van der Waals surface area (Å²) < 4.78 is 68.3. The first kappa shape index (κ1) is 27.4. The minimum atomic E-state index is -4.79. The number of hydrogen-bond donors (Lipinski definition) is 1. The Bertz CT molecular complexity index is 1110. The van der Waals surface area contributed by atoms with E-state index in [9.17, 15) is 26.7 Å². The van der Waals surface area contributed by atoms with Crippen LogP contribution >= 0.6 is 11.3 Å². The lowest BCUT2D eigenvalue weighted by Gasteiger charge is -2.47. The summed E-state index contributed by atoms with van der Waals surface area (Å²) in [6.07, 6.45) is -1.48. The highest BCUT2D eigenvalue weighted by Crippen LogP contribution is 2.39. The van der Waals surface area contributed by atoms with Gasteiger partial charge in [0.2, 0.25) is 0 Å². The van der Waals surface area contributed by atoms with E-state index >= 15 is 0 Å². The van der Waals surface area contributed by atoms with Gasteiger partial charge in [0.1, 0.15) is 4.21 Å². The summed E-state index contributed by atoms with van der Waals surface area (Å²) in [7, 11) is -3.62. The van der Waals surface area contributed by atoms with Crippen molar-refractivity contribution >= 4 is 27.0 Å². The first-order valence-electron chi connectivity index (χ1n) is 12.3. The zero-order chi connectivity index (χ0) is 26.3. The molecule has 36 heavy (non-hydrogen) atoms. The van der Waals surface area contributed by atoms with Gasteiger partial charge in [-0.15, -0.1) is 11.3 Å². The number of nitrogens with zero attached hydrogens (tertiary/aromatic N) is 3. The van der Waals surface area contributed by atoms with Gasteiger partial charge in [-0.25, -0.2) is 8.42 Å². The fourth-order valence-electron chi connectivity index (χ4n) is 5.30. The van der Waals surface area contributed by atoms with Crippen LogP contribution in [-0.4, -0.2) is 73.2 Å². The summed E-state index contributed by atoms with van der Waals surface area (Å²) in [5, 5.41) is 11.8. The molecule has 1 N–H and O–H groups in total. The molecule has 4 atom stereocenters. The van der Waals surface area contributed by atoms with E-state index in [1.54, 1.807) is 29.6 Å². The molecule has 0 radical (unpaired) electrons. The summed E-state index contributed by atoms with van der Waals surface area (Å²) in [5.41, 5.74) is -2.46. The monoisotopic (exact) mass is 545 g/mol. The van der Waals surface area contributed by atoms with Gasteiger partial charge in [-0.05, 0) is 62.8 Å². The number of halogens is 3. The molecule has 0 aliphatic carbocycles. The second kappa shape index (κ2) is 10.2. The summed E-state index contributed by atoms with van der Waals surface area (Å²) in [6, 6.07) is 9.69. The molecule has 0 bridgehead atoms. The molecular weight excluding hydrogens is 511 g/mol. The Morgan fingerprint density at radius 2 is 1.69 bits per heavy atom. The van der Waals surface area contributed by atoms with Gasteiger partial charge in [0, 0.05) is 44.0 Å². The Hall–Kier alpha value is -1.66. The van der Waals surface area contributed by atoms with Crippen molar-refractivity contribution in [1.82, 2.24) is 9.21 Å². The van der Waals surface area contributed by atoms with Crippen LogP contribution in [0.1, 0.15) is 45.6 Å². The van der Waals surface area contributed by atoms with Crippen molar-refractivity contribution < 1.29 is 26.7 Å². The summed E-state index contributed by atoms with van der Waals surface area (Å²) in [5.74, 6) is 0. The molecule has 2 saturated heterocycles. The van der Waals surface area contributed by atoms with Crippen LogP contribution in [0.5, 0.6) is 0 Å². The standard InChI is InChI=1S/C25H34F3N3O3S2/c1-18-6-4-7-19(2)31(18)17-22-16-29(36(33,34)23-8-5-15-35-23)13-14-30(22)21-11-9-20(10-12-21)24(3,32)25(26,27)28/h5,8-12,15,18-19,22,32H,4,6-7,13-14,16-17H2,1-3H3/t18?,19?,22-,24?/m1/s1. The van der Waals surface area contributed by atoms with Crippen molar-refractivity contribution in [3.05, 3.63) is 47.3 Å². The fourth-order valence-corrected chi connectivity index (χ4v) is 7.91. The van der Waals surface area contributed by atoms with E-state index in [1.165, 1.54) is 27.8 Å². The zero-order valence-corrected chi connectivity index (χ0v) is 22.4. The highest BCUT2D eigenvalue weighted by atomic mass is 32.2. The van der Waals surface area contributed by atoms with Crippen LogP contribution in [0.25, 0.3) is 0 Å². The van der Waals surface area contributed by atoms with Crippen LogP contribution in [0.3, 0.4) is 0 Å². The molecule has 200 valence electrons. The van der Waals surface area contributed by atoms with Gasteiger partial charge in [0.05, 0.1) is 6.04 Å². The van der Waals surface area contributed by atoms with Crippen LogP contribution in [0.2, 0.25) is 0 Å². The number of rotatable bonds is 6. The normalized spacial score (nSPS) is 26.6. The van der Waals surface area contributed by atoms with Gasteiger partial charge in [-0.1, -0.05) is 24.6 Å². The predicted molar refractivity (Wildman–Crippen MR) is 136 cm³/mol. The average Bonchev–Trinajstić information content (AvgIpc) is 3.37. The summed E-state index contributed by atoms with van der Waals surface area (Å²) in [6.45, 7) is 6.77. The Morgan fingerprint density at radius 1 is 1.06 bits per heavy atom. The van der Waals surface area contributed by atoms with Gasteiger partial charge in [0.25, 0.3) is 10.0 Å². The van der Waals surface area contributed by atoms with E-state index < -0.39 is 21.8 Å². The topological polar surface area (TPSA) is 64.1 Å². The maximum atomic E-state index is 13.3. The molecule has 2 aliphatic rings. The third-order valence-corrected chi connectivity index (χ3v) is 10.9. The third-order valence-electron chi connectivity index (χ3n) is 7.65. The highest BCUT2D eigenvalue weighted by Gasteiger charge is 2.51. The van der Waals surface area contributed by atoms with Crippen molar-refractivity contribution in [2.45, 2.75) is 74.1 Å². The maximum Gasteiger partial charge on any atom is 0.421 e. The SMILES string of the molecule is CC1CCCC(C)N1C[C@H]1CN(S(=O)(=O)c2cccs2)CCN1c1ccc(C(C)(O)C(F)(F)F)cc1. The number of hydrogen-bond acceptors (Lipinski definition) is 6. The van der Waals surface area contributed by atoms with Crippen molar-refractivity contribution in [2.24, 2.45) is 0 Å². The van der Waals surface area contributed by atoms with E-state index in [-0.39, 0.29) is 24.7 Å². The number of thiophene rings is 1. The fraction of sp³-hybridized carbons (Fsp3) is 0.600. The van der Waals surface area contributed by atoms with E-state index in [2.05, 4.69) is 23.6 Å². The Balaban J connectivity index is 1.62. The van der Waals surface area contributed by atoms with Crippen molar-refractivity contribution in [2.75, 3.05) is 31.1 Å². The first-order valence-corrected chi connectivity index (χ1v) is 14.6. The Kier molecular flexibility index (Phi) is 7.79. The molecule has 1 aromatic carbocycles. The molecule has 3 heterocycles. The number of benzene rings is 1. The van der Waals surface area contributed by atoms with Gasteiger partial charge >= 0.3 is 6.18 Å². The number of piperazine rings is 1. The average molecular weight is 546 g/mol. The number of anilines is 1. The molecule has 0 saturated carbocycles. The number of likely N-dealkylation sites (tertiary alicyclic amines) is 1. The largest absolute Gasteiger partial charge is 0.421 e. The van der Waals surface area contributed by atoms with Gasteiger partial charge in [-0.2, -0.15) is 17.5 Å². The smallest absolute Gasteiger partial charge is 0.376 e. The molecule has 2 aliphatic heterocycles. The molecule has 2 aromatic rings. The molecule has 3 unspecified atom stereocenters. The van der Waals surface area contributed by atoms with Crippen LogP contribution in [0.15, 0.2) is 46.0 Å². The molecular formula is C25H34F3N3O3S2. The van der Waals surface area contributed by atoms with Crippen molar-refractivity contribution in [3.63, 3.8) is 0 Å². The van der Waals surface area contributed by atoms with E-state index in [4.69, 9.17) is 0 Å². The quantitative estimate of drug-likeness (QED) is 0.572. The van der Waals surface area contributed by atoms with E-state index in [0.29, 0.717) is 35.1 Å². The lowest BCUT2D eigenvalue weighted by atomic mass is 9.94. The minimum Gasteiger partial charge on any atom is -0.376 e. The van der Waals surface area contributed by atoms with Crippen LogP contribution in [0, 0.1) is 0 Å². The Labute approximate surface area is 215 Å². The van der Waals surface area contributed by atoms with Gasteiger partial charge in [-0.3, -0.25) is 4.90 Å². The molecule has 11 heteroatoms. The van der Waals surface area contributed by atoms with Crippen LogP contribution < -0.4 is 4.90 Å². The molecule has 6 nitrogen and oxygen atoms in total. The predicted octanol–water partition coefficient (Wildman–Crippen LogP) is 4.66. The lowest BCUT2D eigenvalue weighted by Crippen LogP contribution is -2.60. The van der Waals surface area contributed by atoms with Crippen LogP contribution in [0.4, 0.5) is 18.9 Å². The second-order valence-corrected chi connectivity index (χ2v) is 13.2. The summed E-state index contributed by atoms with van der Waals surface area (Å²) >= 11 is 1.19. The molecule has 0 amide bonds. The van der Waals surface area contributed by atoms with Crippen LogP contribution in [-0.2, 0) is 15.6 Å². The minimum absolute atomic E-state index is 0.175. The third kappa shape index (κ3) is 5.31. The number of piperidine rings is 1. The molecule has 1 aromatic heterocycles. The van der Waals surface area contributed by atoms with Gasteiger partial charge < -0.3 is 10.0 Å². The van der Waals surface area contributed by atoms with Crippen molar-refractivity contribution in [1.29, 1.82) is 0 Å². The van der Waals surface area contributed by atoms with Crippen molar-refractivity contribution in [3.8, 4) is 0 Å². The van der Waals surface area contributed by atoms with E-state index in [0.717, 1.165) is 26.2 Å². The number of aliphatic hydroxyl groups is 1. The highest BCUT2D eigenvalue weighted by molar-refractivity contribution is 7.91. The van der Waals surface area contributed by atoms with Gasteiger partial charge in [0.15, 0.2) is 5.60 Å². The molecule has 0 spiro atoms. The molecule has 2 fully saturated rings. The summed E-state index contributed by atoms with van der Waals surface area (Å²) in [4.78, 5) is 4.52. The second-order valence-electron chi connectivity index (χ2n) is 10.1. The van der Waals surface area contributed by atoms with E-state index in [1.807, 2.05) is 0 Å². The lowest BCUT2D eigenvalue weighted by molar-refractivity contribution is -0.258. The zero-order valence-electron chi connectivity index (χ0n) is 20.8. The molecule has 4 rings (SSSR count). The number of sulfonamides is 1. The Morgan fingerprint density at radius 3 is 2.25 bits per heavy atom.